The summed E-state index contributed by atoms with van der Waals surface area (Å²) in [5, 5.41) is 18.5. The topological polar surface area (TPSA) is 145 Å². The van der Waals surface area contributed by atoms with Gasteiger partial charge in [0.2, 0.25) is 5.95 Å². The first-order valence-electron chi connectivity index (χ1n) is 9.94. The molecule has 160 valence electrons. The standard InChI is InChI=1S/C20H27N7O2S/c1-30(22,29)16-6-3-13(4-7-16)8-9-23-20-26-17-18(21)24-12-25-19(17)27(20)15-5-2-14(10-15)11-28/h3-4,6-7,12,14-15,28H,1-2,5,8-11H2,(H2,22,29)(H,23,26)(H2,21,24,25). The number of nitrogen functional groups attached to an aromatic ring is 1. The lowest BCUT2D eigenvalue weighted by molar-refractivity contribution is 0.226. The Balaban J connectivity index is 1.54. The molecule has 3 atom stereocenters. The minimum absolute atomic E-state index is 0.196. The molecule has 10 heteroatoms. The number of aromatic nitrogens is 4. The Hall–Kier alpha value is -2.69. The molecule has 1 aliphatic rings. The van der Waals surface area contributed by atoms with Crippen LogP contribution in [0.5, 0.6) is 0 Å². The first kappa shape index (κ1) is 20.6. The zero-order chi connectivity index (χ0) is 21.3. The quantitative estimate of drug-likeness (QED) is 0.415. The SMILES string of the molecule is C=S(N)(=O)c1ccc(CCNc2nc3c(N)ncnc3n2C2CCC(CO)C2)cc1. The summed E-state index contributed by atoms with van der Waals surface area (Å²) < 4.78 is 13.9. The second kappa shape index (κ2) is 8.21. The van der Waals surface area contributed by atoms with Crippen LogP contribution in [0.25, 0.3) is 11.2 Å². The molecule has 9 nitrogen and oxygen atoms in total. The maximum Gasteiger partial charge on any atom is 0.205 e. The van der Waals surface area contributed by atoms with E-state index in [1.807, 2.05) is 12.1 Å². The van der Waals surface area contributed by atoms with Gasteiger partial charge in [-0.15, -0.1) is 0 Å². The van der Waals surface area contributed by atoms with Gasteiger partial charge in [0.05, 0.1) is 9.71 Å². The van der Waals surface area contributed by atoms with Crippen molar-refractivity contribution < 1.29 is 9.32 Å². The molecule has 0 aliphatic heterocycles. The van der Waals surface area contributed by atoms with Crippen LogP contribution in [0.15, 0.2) is 35.5 Å². The number of aliphatic hydroxyl groups excluding tert-OH is 1. The summed E-state index contributed by atoms with van der Waals surface area (Å²) in [6.45, 7) is 0.843. The van der Waals surface area contributed by atoms with E-state index in [1.165, 1.54) is 6.33 Å². The highest BCUT2D eigenvalue weighted by molar-refractivity contribution is 7.98. The average Bonchev–Trinajstić information content (AvgIpc) is 3.32. The van der Waals surface area contributed by atoms with Crippen LogP contribution < -0.4 is 16.2 Å². The Kier molecular flexibility index (Phi) is 5.63. The van der Waals surface area contributed by atoms with E-state index in [4.69, 9.17) is 10.9 Å². The number of fused-ring (bicyclic) bond motifs is 1. The van der Waals surface area contributed by atoms with Gasteiger partial charge in [-0.25, -0.2) is 19.2 Å². The molecule has 4 rings (SSSR count). The fourth-order valence-electron chi connectivity index (χ4n) is 4.05. The molecule has 30 heavy (non-hydrogen) atoms. The van der Waals surface area contributed by atoms with E-state index < -0.39 is 9.71 Å². The zero-order valence-corrected chi connectivity index (χ0v) is 17.5. The Labute approximate surface area is 175 Å². The van der Waals surface area contributed by atoms with E-state index in [1.54, 1.807) is 12.1 Å². The van der Waals surface area contributed by atoms with Crippen LogP contribution in [-0.2, 0) is 16.1 Å². The van der Waals surface area contributed by atoms with Crippen LogP contribution in [0, 0.1) is 5.92 Å². The van der Waals surface area contributed by atoms with Crippen LogP contribution >= 0.6 is 0 Å². The molecule has 3 aromatic rings. The summed E-state index contributed by atoms with van der Waals surface area (Å²) in [5.74, 6) is 4.86. The summed E-state index contributed by atoms with van der Waals surface area (Å²) in [6.07, 6.45) is 5.02. The van der Waals surface area contributed by atoms with Gasteiger partial charge in [0, 0.05) is 24.1 Å². The third-order valence-electron chi connectivity index (χ3n) is 5.66. The molecule has 0 bridgehead atoms. The number of rotatable bonds is 7. The van der Waals surface area contributed by atoms with E-state index in [9.17, 15) is 9.32 Å². The second-order valence-electron chi connectivity index (χ2n) is 7.80. The molecular formula is C20H27N7O2S. The number of anilines is 2. The van der Waals surface area contributed by atoms with Crippen LogP contribution in [0.3, 0.4) is 0 Å². The molecule has 2 aromatic heterocycles. The van der Waals surface area contributed by atoms with E-state index >= 15 is 0 Å². The molecule has 2 heterocycles. The summed E-state index contributed by atoms with van der Waals surface area (Å²) in [4.78, 5) is 13.7. The molecule has 6 N–H and O–H groups in total. The predicted molar refractivity (Wildman–Crippen MR) is 120 cm³/mol. The van der Waals surface area contributed by atoms with Crippen LogP contribution in [0.1, 0.15) is 30.9 Å². The molecule has 0 amide bonds. The number of nitrogens with one attached hydrogen (secondary N) is 1. The zero-order valence-electron chi connectivity index (χ0n) is 16.7. The van der Waals surface area contributed by atoms with Gasteiger partial charge < -0.3 is 16.2 Å². The molecule has 0 spiro atoms. The third kappa shape index (κ3) is 4.11. The van der Waals surface area contributed by atoms with Gasteiger partial charge in [-0.05, 0) is 55.2 Å². The van der Waals surface area contributed by atoms with Crippen LogP contribution in [0.4, 0.5) is 11.8 Å². The predicted octanol–water partition coefficient (Wildman–Crippen LogP) is 1.35. The molecule has 0 saturated heterocycles. The lowest BCUT2D eigenvalue weighted by atomic mass is 10.1. The van der Waals surface area contributed by atoms with Gasteiger partial charge in [-0.2, -0.15) is 0 Å². The van der Waals surface area contributed by atoms with Gasteiger partial charge in [0.1, 0.15) is 6.33 Å². The minimum atomic E-state index is -2.70. The lowest BCUT2D eigenvalue weighted by Gasteiger charge is -2.17. The largest absolute Gasteiger partial charge is 0.396 e. The van der Waals surface area contributed by atoms with Crippen molar-refractivity contribution in [1.29, 1.82) is 0 Å². The number of hydrogen-bond acceptors (Lipinski definition) is 7. The van der Waals surface area contributed by atoms with Crippen molar-refractivity contribution >= 4 is 38.5 Å². The summed E-state index contributed by atoms with van der Waals surface area (Å²) >= 11 is 0. The highest BCUT2D eigenvalue weighted by Crippen LogP contribution is 2.38. The number of aliphatic hydroxyl groups is 1. The van der Waals surface area contributed by atoms with Gasteiger partial charge in [0.25, 0.3) is 0 Å². The molecule has 3 unspecified atom stereocenters. The van der Waals surface area contributed by atoms with Gasteiger partial charge in [-0.1, -0.05) is 12.1 Å². The maximum atomic E-state index is 11.8. The van der Waals surface area contributed by atoms with Crippen LogP contribution in [-0.4, -0.2) is 47.9 Å². The fraction of sp³-hybridized carbons (Fsp3) is 0.400. The van der Waals surface area contributed by atoms with Gasteiger partial charge >= 0.3 is 0 Å². The van der Waals surface area contributed by atoms with Gasteiger partial charge in [0.15, 0.2) is 17.0 Å². The third-order valence-corrected chi connectivity index (χ3v) is 6.73. The summed E-state index contributed by atoms with van der Waals surface area (Å²) in [7, 11) is -2.70. The van der Waals surface area contributed by atoms with E-state index in [-0.39, 0.29) is 12.6 Å². The maximum absolute atomic E-state index is 11.8. The average molecular weight is 430 g/mol. The van der Waals surface area contributed by atoms with Crippen molar-refractivity contribution in [3.8, 4) is 0 Å². The summed E-state index contributed by atoms with van der Waals surface area (Å²) in [6, 6.07) is 7.53. The second-order valence-corrected chi connectivity index (χ2v) is 9.72. The fourth-order valence-corrected chi connectivity index (χ4v) is 4.65. The van der Waals surface area contributed by atoms with Crippen molar-refractivity contribution in [3.05, 3.63) is 36.2 Å². The number of benzene rings is 1. The first-order valence-corrected chi connectivity index (χ1v) is 11.7. The minimum Gasteiger partial charge on any atom is -0.396 e. The Morgan fingerprint density at radius 1 is 1.27 bits per heavy atom. The Bertz CT molecular complexity index is 1140. The number of hydrogen-bond donors (Lipinski definition) is 4. The van der Waals surface area contributed by atoms with E-state index in [2.05, 4.69) is 30.7 Å². The normalized spacial score (nSPS) is 21.0. The monoisotopic (exact) mass is 429 g/mol. The smallest absolute Gasteiger partial charge is 0.205 e. The van der Waals surface area contributed by atoms with E-state index in [0.29, 0.717) is 40.3 Å². The molecule has 1 fully saturated rings. The number of nitrogens with two attached hydrogens (primary N) is 2. The van der Waals surface area contributed by atoms with Crippen molar-refractivity contribution in [3.63, 3.8) is 0 Å². The lowest BCUT2D eigenvalue weighted by Crippen LogP contribution is -2.15. The van der Waals surface area contributed by atoms with Crippen molar-refractivity contribution in [2.24, 2.45) is 11.1 Å². The molecule has 1 saturated carbocycles. The first-order chi connectivity index (χ1) is 14.4. The Morgan fingerprint density at radius 2 is 2.03 bits per heavy atom. The molecule has 1 aromatic carbocycles. The Morgan fingerprint density at radius 3 is 2.70 bits per heavy atom. The van der Waals surface area contributed by atoms with Crippen molar-refractivity contribution in [2.45, 2.75) is 36.6 Å². The summed E-state index contributed by atoms with van der Waals surface area (Å²) in [5.41, 5.74) is 8.41. The number of imidazole rings is 1. The highest BCUT2D eigenvalue weighted by Gasteiger charge is 2.29. The van der Waals surface area contributed by atoms with E-state index in [0.717, 1.165) is 31.2 Å². The highest BCUT2D eigenvalue weighted by atomic mass is 32.2. The van der Waals surface area contributed by atoms with Crippen LogP contribution in [0.2, 0.25) is 0 Å². The molecular weight excluding hydrogens is 402 g/mol. The molecule has 1 aliphatic carbocycles. The van der Waals surface area contributed by atoms with Crippen molar-refractivity contribution in [2.75, 3.05) is 24.2 Å². The van der Waals surface area contributed by atoms with Crippen molar-refractivity contribution in [1.82, 2.24) is 19.5 Å². The molecule has 0 radical (unpaired) electrons. The number of nitrogens with zero attached hydrogens (tertiary/aromatic N) is 4. The van der Waals surface area contributed by atoms with Gasteiger partial charge in [-0.3, -0.25) is 9.71 Å².